The first-order valence-corrected chi connectivity index (χ1v) is 13.1. The summed E-state index contributed by atoms with van der Waals surface area (Å²) in [6, 6.07) is 7.40. The Balaban J connectivity index is 1.44. The van der Waals surface area contributed by atoms with Crippen LogP contribution in [0.5, 0.6) is 0 Å². The van der Waals surface area contributed by atoms with Crippen LogP contribution in [-0.2, 0) is 17.2 Å². The Morgan fingerprint density at radius 3 is 2.61 bits per heavy atom. The normalized spacial score (nSPS) is 27.7. The summed E-state index contributed by atoms with van der Waals surface area (Å²) in [5.41, 5.74) is 1.28. The Morgan fingerprint density at radius 1 is 1.27 bits per heavy atom. The maximum Gasteiger partial charge on any atom is 0.227 e. The first kappa shape index (κ1) is 23.0. The molecule has 3 atom stereocenters. The third-order valence-electron chi connectivity index (χ3n) is 7.32. The van der Waals surface area contributed by atoms with Crippen molar-refractivity contribution in [2.45, 2.75) is 73.2 Å². The lowest BCUT2D eigenvalue weighted by Gasteiger charge is -2.42. The molecule has 33 heavy (non-hydrogen) atoms. The van der Waals surface area contributed by atoms with Crippen LogP contribution in [0.15, 0.2) is 29.2 Å². The van der Waals surface area contributed by atoms with Crippen LogP contribution in [0, 0.1) is 0 Å². The lowest BCUT2D eigenvalue weighted by Crippen LogP contribution is -2.49. The zero-order valence-electron chi connectivity index (χ0n) is 19.0. The largest absolute Gasteiger partial charge is 0.394 e. The van der Waals surface area contributed by atoms with Crippen molar-refractivity contribution in [3.05, 3.63) is 40.5 Å². The van der Waals surface area contributed by atoms with Crippen molar-refractivity contribution >= 4 is 34.2 Å². The summed E-state index contributed by atoms with van der Waals surface area (Å²) >= 11 is 5.99. The Kier molecular flexibility index (Phi) is 5.90. The van der Waals surface area contributed by atoms with Gasteiger partial charge >= 0.3 is 0 Å². The molecule has 0 amide bonds. The molecule has 1 saturated heterocycles. The van der Waals surface area contributed by atoms with Gasteiger partial charge in [-0.3, -0.25) is 4.21 Å². The predicted octanol–water partition coefficient (Wildman–Crippen LogP) is 4.23. The summed E-state index contributed by atoms with van der Waals surface area (Å²) < 4.78 is 28.1. The van der Waals surface area contributed by atoms with Crippen molar-refractivity contribution in [3.63, 3.8) is 0 Å². The average Bonchev–Trinajstić information content (AvgIpc) is 2.99. The van der Waals surface area contributed by atoms with Gasteiger partial charge in [0.25, 0.3) is 0 Å². The van der Waals surface area contributed by atoms with Crippen LogP contribution >= 0.6 is 11.6 Å². The van der Waals surface area contributed by atoms with E-state index in [1.807, 2.05) is 30.9 Å². The number of halogens is 2. The number of hydrogen-bond acceptors (Lipinski definition) is 6. The molecule has 0 bridgehead atoms. The van der Waals surface area contributed by atoms with E-state index in [9.17, 15) is 9.32 Å². The second-order valence-electron chi connectivity index (χ2n) is 10.2. The first-order valence-electron chi connectivity index (χ1n) is 11.6. The Hall–Kier alpha value is -1.77. The van der Waals surface area contributed by atoms with Crippen molar-refractivity contribution in [1.29, 1.82) is 0 Å². The number of rotatable bonds is 5. The van der Waals surface area contributed by atoms with Gasteiger partial charge < -0.3 is 15.3 Å². The lowest BCUT2D eigenvalue weighted by atomic mass is 9.77. The SMILES string of the molecule is CC1(C)Cc2nc(N3CCC(c4ccc(Cl)cc4)C(F)C3)nc(NC3(CO)CCC3)c2[S@@]1=O. The minimum Gasteiger partial charge on any atom is -0.394 e. The smallest absolute Gasteiger partial charge is 0.227 e. The van der Waals surface area contributed by atoms with Gasteiger partial charge in [-0.05, 0) is 57.2 Å². The molecule has 0 radical (unpaired) electrons. The molecule has 3 aliphatic rings. The number of anilines is 2. The molecule has 178 valence electrons. The molecule has 0 spiro atoms. The number of aliphatic hydroxyl groups is 1. The number of benzene rings is 1. The fourth-order valence-corrected chi connectivity index (χ4v) is 6.67. The Labute approximate surface area is 201 Å². The van der Waals surface area contributed by atoms with Crippen molar-refractivity contribution in [1.82, 2.24) is 9.97 Å². The zero-order valence-corrected chi connectivity index (χ0v) is 20.6. The topological polar surface area (TPSA) is 78.3 Å². The van der Waals surface area contributed by atoms with Crippen LogP contribution in [0.25, 0.3) is 0 Å². The molecule has 2 N–H and O–H groups in total. The molecular weight excluding hydrogens is 463 g/mol. The molecule has 6 nitrogen and oxygen atoms in total. The number of piperidine rings is 1. The van der Waals surface area contributed by atoms with Crippen LogP contribution in [-0.4, -0.2) is 55.4 Å². The van der Waals surface area contributed by atoms with Crippen LogP contribution in [0.3, 0.4) is 0 Å². The minimum atomic E-state index is -1.26. The number of nitrogens with zero attached hydrogens (tertiary/aromatic N) is 3. The summed E-state index contributed by atoms with van der Waals surface area (Å²) in [5, 5.41) is 14.0. The molecule has 2 aromatic rings. The molecule has 2 fully saturated rings. The monoisotopic (exact) mass is 492 g/mol. The van der Waals surface area contributed by atoms with Gasteiger partial charge in [0.2, 0.25) is 5.95 Å². The second kappa shape index (κ2) is 8.47. The highest BCUT2D eigenvalue weighted by molar-refractivity contribution is 7.87. The van der Waals surface area contributed by atoms with Gasteiger partial charge in [-0.2, -0.15) is 4.98 Å². The van der Waals surface area contributed by atoms with Crippen LogP contribution in [0.4, 0.5) is 16.2 Å². The summed E-state index contributed by atoms with van der Waals surface area (Å²) in [6.07, 6.45) is 2.87. The summed E-state index contributed by atoms with van der Waals surface area (Å²) in [4.78, 5) is 12.0. The standard InChI is InChI=1S/C24H30ClFN4O2S/c1-23(2)12-19-20(33(23)32)21(29-24(14-31)9-3-10-24)28-22(27-19)30-11-8-17(18(26)13-30)15-4-6-16(25)7-5-15/h4-7,17-18,31H,3,8-14H2,1-2H3,(H,27,28,29)/t17?,18?,33-/m0/s1. The van der Waals surface area contributed by atoms with E-state index in [2.05, 4.69) is 5.32 Å². The van der Waals surface area contributed by atoms with Gasteiger partial charge in [0.05, 0.1) is 39.9 Å². The Morgan fingerprint density at radius 2 is 2.00 bits per heavy atom. The van der Waals surface area contributed by atoms with E-state index in [-0.39, 0.29) is 19.1 Å². The molecule has 5 rings (SSSR count). The van der Waals surface area contributed by atoms with E-state index >= 15 is 4.39 Å². The van der Waals surface area contributed by atoms with E-state index in [1.165, 1.54) is 0 Å². The summed E-state index contributed by atoms with van der Waals surface area (Å²) in [7, 11) is -1.26. The molecule has 1 aliphatic carbocycles. The van der Waals surface area contributed by atoms with E-state index in [4.69, 9.17) is 21.6 Å². The van der Waals surface area contributed by atoms with E-state index in [1.54, 1.807) is 12.1 Å². The predicted molar refractivity (Wildman–Crippen MR) is 129 cm³/mol. The fourth-order valence-electron chi connectivity index (χ4n) is 5.12. The van der Waals surface area contributed by atoms with Crippen molar-refractivity contribution in [2.24, 2.45) is 0 Å². The minimum absolute atomic E-state index is 0.00379. The summed E-state index contributed by atoms with van der Waals surface area (Å²) in [5.74, 6) is 0.808. The number of aliphatic hydroxyl groups excluding tert-OH is 1. The molecule has 2 aliphatic heterocycles. The maximum absolute atomic E-state index is 15.3. The fraction of sp³-hybridized carbons (Fsp3) is 0.583. The number of nitrogens with one attached hydrogen (secondary N) is 1. The Bertz CT molecular complexity index is 1070. The van der Waals surface area contributed by atoms with Crippen LogP contribution in [0.2, 0.25) is 5.02 Å². The van der Waals surface area contributed by atoms with Gasteiger partial charge in [0.15, 0.2) is 0 Å². The molecule has 1 aromatic heterocycles. The number of fused-ring (bicyclic) bond motifs is 1. The third kappa shape index (κ3) is 4.15. The molecule has 3 heterocycles. The van der Waals surface area contributed by atoms with E-state index in [0.29, 0.717) is 41.1 Å². The third-order valence-corrected chi connectivity index (χ3v) is 9.52. The maximum atomic E-state index is 15.3. The molecule has 2 unspecified atom stereocenters. The first-order chi connectivity index (χ1) is 15.7. The highest BCUT2D eigenvalue weighted by atomic mass is 35.5. The number of hydrogen-bond donors (Lipinski definition) is 2. The van der Waals surface area contributed by atoms with Crippen molar-refractivity contribution in [3.8, 4) is 0 Å². The van der Waals surface area contributed by atoms with Gasteiger partial charge in [0.1, 0.15) is 16.9 Å². The van der Waals surface area contributed by atoms with Crippen LogP contribution < -0.4 is 10.2 Å². The zero-order chi connectivity index (χ0) is 23.4. The molecule has 9 heteroatoms. The number of alkyl halides is 1. The van der Waals surface area contributed by atoms with Crippen LogP contribution in [0.1, 0.15) is 56.7 Å². The van der Waals surface area contributed by atoms with E-state index in [0.717, 1.165) is 30.5 Å². The molecular formula is C24H30ClFN4O2S. The lowest BCUT2D eigenvalue weighted by molar-refractivity contribution is 0.143. The molecule has 1 saturated carbocycles. The average molecular weight is 493 g/mol. The van der Waals surface area contributed by atoms with Crippen molar-refractivity contribution in [2.75, 3.05) is 29.9 Å². The highest BCUT2D eigenvalue weighted by Crippen LogP contribution is 2.43. The molecule has 1 aromatic carbocycles. The van der Waals surface area contributed by atoms with Gasteiger partial charge in [-0.15, -0.1) is 0 Å². The van der Waals surface area contributed by atoms with Crippen molar-refractivity contribution < 1.29 is 13.7 Å². The second-order valence-corrected chi connectivity index (χ2v) is 12.7. The van der Waals surface area contributed by atoms with E-state index < -0.39 is 27.3 Å². The summed E-state index contributed by atoms with van der Waals surface area (Å²) in [6.45, 7) is 4.76. The van der Waals surface area contributed by atoms with Gasteiger partial charge in [-0.25, -0.2) is 9.37 Å². The quantitative estimate of drug-likeness (QED) is 0.650. The highest BCUT2D eigenvalue weighted by Gasteiger charge is 2.44. The van der Waals surface area contributed by atoms with Gasteiger partial charge in [0, 0.05) is 23.9 Å². The number of aromatic nitrogens is 2. The van der Waals surface area contributed by atoms with Gasteiger partial charge in [-0.1, -0.05) is 23.7 Å².